The summed E-state index contributed by atoms with van der Waals surface area (Å²) in [4.78, 5) is 0. The molecule has 0 aromatic heterocycles. The Balaban J connectivity index is 1.72. The Morgan fingerprint density at radius 2 is 1.93 bits per heavy atom. The molecule has 6 nitrogen and oxygen atoms in total. The molecule has 0 bridgehead atoms. The van der Waals surface area contributed by atoms with E-state index in [0.29, 0.717) is 13.0 Å². The maximum atomic E-state index is 13.5. The van der Waals surface area contributed by atoms with Gasteiger partial charge in [-0.3, -0.25) is 0 Å². The first-order chi connectivity index (χ1) is 14.1. The number of nitrogens with one attached hydrogen (secondary N) is 2. The minimum absolute atomic E-state index is 0.0626. The van der Waals surface area contributed by atoms with Crippen molar-refractivity contribution in [1.82, 2.24) is 10.0 Å². The smallest absolute Gasteiger partial charge is 0.209 e. The summed E-state index contributed by atoms with van der Waals surface area (Å²) in [6.07, 6.45) is 0.481. The predicted molar refractivity (Wildman–Crippen MR) is 118 cm³/mol. The third-order valence-corrected chi connectivity index (χ3v) is 6.19. The fourth-order valence-corrected chi connectivity index (χ4v) is 4.80. The van der Waals surface area contributed by atoms with Gasteiger partial charge < -0.3 is 15.2 Å². The summed E-state index contributed by atoms with van der Waals surface area (Å²) in [5.41, 5.74) is 1.22. The molecule has 0 fully saturated rings. The molecule has 3 atom stereocenters. The highest BCUT2D eigenvalue weighted by molar-refractivity contribution is 14.1. The van der Waals surface area contributed by atoms with Crippen molar-refractivity contribution in [1.29, 1.82) is 0 Å². The van der Waals surface area contributed by atoms with E-state index in [-0.39, 0.29) is 24.6 Å². The zero-order chi connectivity index (χ0) is 21.9. The molecule has 164 valence electrons. The molecule has 2 aromatic rings. The monoisotopic (exact) mass is 552 g/mol. The maximum absolute atomic E-state index is 13.5. The van der Waals surface area contributed by atoms with Gasteiger partial charge in [-0.15, -0.1) is 0 Å². The molecule has 10 heteroatoms. The molecule has 30 heavy (non-hydrogen) atoms. The van der Waals surface area contributed by atoms with Gasteiger partial charge >= 0.3 is 0 Å². The van der Waals surface area contributed by atoms with E-state index >= 15 is 0 Å². The molecule has 2 unspecified atom stereocenters. The molecule has 0 aliphatic carbocycles. The summed E-state index contributed by atoms with van der Waals surface area (Å²) < 4.78 is 59.7. The molecular formula is C20H23F2IN2O4S. The van der Waals surface area contributed by atoms with Crippen molar-refractivity contribution in [2.75, 3.05) is 19.4 Å². The van der Waals surface area contributed by atoms with E-state index in [2.05, 4.69) is 32.6 Å². The van der Waals surface area contributed by atoms with Crippen LogP contribution < -0.4 is 14.8 Å². The van der Waals surface area contributed by atoms with Gasteiger partial charge in [-0.1, -0.05) is 0 Å². The second-order valence-electron chi connectivity index (χ2n) is 7.33. The molecule has 0 saturated carbocycles. The predicted octanol–water partition coefficient (Wildman–Crippen LogP) is 2.50. The molecular weight excluding hydrogens is 529 g/mol. The number of aliphatic hydroxyl groups is 1. The number of sulfonamides is 1. The summed E-state index contributed by atoms with van der Waals surface area (Å²) in [5.74, 6) is -0.747. The van der Waals surface area contributed by atoms with Crippen LogP contribution in [0.3, 0.4) is 0 Å². The molecule has 0 saturated heterocycles. The summed E-state index contributed by atoms with van der Waals surface area (Å²) >= 11 is 2.21. The van der Waals surface area contributed by atoms with Crippen molar-refractivity contribution in [2.45, 2.75) is 31.0 Å². The first-order valence-corrected chi connectivity index (χ1v) is 12.3. The Hall–Kier alpha value is -1.34. The Kier molecular flexibility index (Phi) is 7.66. The van der Waals surface area contributed by atoms with Crippen LogP contribution in [0.2, 0.25) is 0 Å². The highest BCUT2D eigenvalue weighted by Crippen LogP contribution is 2.33. The standard InChI is InChI=1S/C20H23F2IN2O4S/c1-30(27,28)25-18(8-12-6-13(21)9-14(22)7-12)19(26)11-24-17-4-5-29-20-3-2-15(23)10-16(17)20/h2-3,6-7,9-10,17-19,24-26H,4-5,8,11H2,1H3/t17-,18?,19?/m0/s1. The Bertz CT molecular complexity index is 986. The highest BCUT2D eigenvalue weighted by atomic mass is 127. The average Bonchev–Trinajstić information content (AvgIpc) is 2.63. The van der Waals surface area contributed by atoms with E-state index in [4.69, 9.17) is 4.74 Å². The molecule has 0 amide bonds. The summed E-state index contributed by atoms with van der Waals surface area (Å²) in [6, 6.07) is 7.81. The highest BCUT2D eigenvalue weighted by Gasteiger charge is 2.27. The number of aliphatic hydroxyl groups excluding tert-OH is 1. The second kappa shape index (κ2) is 9.86. The lowest BCUT2D eigenvalue weighted by atomic mass is 9.98. The van der Waals surface area contributed by atoms with Gasteiger partial charge in [-0.2, -0.15) is 0 Å². The van der Waals surface area contributed by atoms with Crippen LogP contribution in [0.5, 0.6) is 5.75 Å². The largest absolute Gasteiger partial charge is 0.493 e. The topological polar surface area (TPSA) is 87.7 Å². The molecule has 1 heterocycles. The van der Waals surface area contributed by atoms with E-state index in [9.17, 15) is 22.3 Å². The number of benzene rings is 2. The minimum atomic E-state index is -3.65. The van der Waals surface area contributed by atoms with Gasteiger partial charge in [0, 0.05) is 34.2 Å². The summed E-state index contributed by atoms with van der Waals surface area (Å²) in [7, 11) is -3.65. The van der Waals surface area contributed by atoms with Crippen LogP contribution in [0.4, 0.5) is 8.78 Å². The number of hydrogen-bond donors (Lipinski definition) is 3. The van der Waals surface area contributed by atoms with Gasteiger partial charge in [-0.25, -0.2) is 21.9 Å². The van der Waals surface area contributed by atoms with E-state index in [1.54, 1.807) is 0 Å². The molecule has 3 rings (SSSR count). The van der Waals surface area contributed by atoms with Crippen molar-refractivity contribution in [2.24, 2.45) is 0 Å². The molecule has 1 aliphatic heterocycles. The molecule has 2 aromatic carbocycles. The van der Waals surface area contributed by atoms with E-state index in [1.807, 2.05) is 18.2 Å². The second-order valence-corrected chi connectivity index (χ2v) is 10.4. The van der Waals surface area contributed by atoms with Crippen LogP contribution in [0.1, 0.15) is 23.6 Å². The van der Waals surface area contributed by atoms with Gasteiger partial charge in [0.15, 0.2) is 0 Å². The molecule has 3 N–H and O–H groups in total. The van der Waals surface area contributed by atoms with E-state index in [0.717, 1.165) is 39.3 Å². The van der Waals surface area contributed by atoms with E-state index in [1.165, 1.54) is 0 Å². The number of ether oxygens (including phenoxy) is 1. The lowest BCUT2D eigenvalue weighted by Crippen LogP contribution is -2.49. The SMILES string of the molecule is CS(=O)(=O)NC(Cc1cc(F)cc(F)c1)C(O)CN[C@H]1CCOc2ccc(I)cc21. The first-order valence-electron chi connectivity index (χ1n) is 9.36. The van der Waals surface area contributed by atoms with Crippen molar-refractivity contribution in [3.63, 3.8) is 0 Å². The first kappa shape index (κ1) is 23.3. The Labute approximate surface area is 188 Å². The fraction of sp³-hybridized carbons (Fsp3) is 0.400. The summed E-state index contributed by atoms with van der Waals surface area (Å²) in [5, 5.41) is 14.0. The van der Waals surface area contributed by atoms with Crippen LogP contribution in [0.15, 0.2) is 36.4 Å². The van der Waals surface area contributed by atoms with Gasteiger partial charge in [-0.05, 0) is 64.9 Å². The van der Waals surface area contributed by atoms with Crippen LogP contribution in [0.25, 0.3) is 0 Å². The third kappa shape index (κ3) is 6.58. The van der Waals surface area contributed by atoms with Gasteiger partial charge in [0.25, 0.3) is 0 Å². The van der Waals surface area contributed by atoms with Crippen molar-refractivity contribution in [3.05, 3.63) is 62.7 Å². The number of halogens is 3. The normalized spacial score (nSPS) is 18.4. The number of rotatable bonds is 8. The third-order valence-electron chi connectivity index (χ3n) is 4.79. The van der Waals surface area contributed by atoms with Crippen molar-refractivity contribution in [3.8, 4) is 5.75 Å². The average molecular weight is 552 g/mol. The lowest BCUT2D eigenvalue weighted by Gasteiger charge is -2.30. The Morgan fingerprint density at radius 1 is 1.23 bits per heavy atom. The Morgan fingerprint density at radius 3 is 2.60 bits per heavy atom. The van der Waals surface area contributed by atoms with Gasteiger partial charge in [0.1, 0.15) is 17.4 Å². The lowest BCUT2D eigenvalue weighted by molar-refractivity contribution is 0.127. The van der Waals surface area contributed by atoms with Crippen LogP contribution in [-0.2, 0) is 16.4 Å². The molecule has 0 radical (unpaired) electrons. The summed E-state index contributed by atoms with van der Waals surface area (Å²) in [6.45, 7) is 0.607. The van der Waals surface area contributed by atoms with Crippen molar-refractivity contribution < 1.29 is 27.0 Å². The number of fused-ring (bicyclic) bond motifs is 1. The fourth-order valence-electron chi connectivity index (χ4n) is 3.50. The van der Waals surface area contributed by atoms with Gasteiger partial charge in [0.05, 0.1) is 25.0 Å². The van der Waals surface area contributed by atoms with Crippen LogP contribution >= 0.6 is 22.6 Å². The number of hydrogen-bond acceptors (Lipinski definition) is 5. The molecule has 0 spiro atoms. The zero-order valence-electron chi connectivity index (χ0n) is 16.2. The van der Waals surface area contributed by atoms with Crippen LogP contribution in [-0.4, -0.2) is 45.1 Å². The van der Waals surface area contributed by atoms with E-state index < -0.39 is 33.8 Å². The van der Waals surface area contributed by atoms with Crippen molar-refractivity contribution >= 4 is 32.6 Å². The van der Waals surface area contributed by atoms with Gasteiger partial charge in [0.2, 0.25) is 10.0 Å². The van der Waals surface area contributed by atoms with Crippen LogP contribution in [0, 0.1) is 15.2 Å². The quantitative estimate of drug-likeness (QED) is 0.439. The minimum Gasteiger partial charge on any atom is -0.493 e. The molecule has 1 aliphatic rings. The zero-order valence-corrected chi connectivity index (χ0v) is 19.2. The maximum Gasteiger partial charge on any atom is 0.209 e.